The lowest BCUT2D eigenvalue weighted by atomic mass is 10.1. The Balaban J connectivity index is 1.62. The Bertz CT molecular complexity index is 827. The van der Waals surface area contributed by atoms with Gasteiger partial charge in [-0.15, -0.1) is 0 Å². The summed E-state index contributed by atoms with van der Waals surface area (Å²) in [6.45, 7) is 0.456. The molecule has 1 saturated carbocycles. The van der Waals surface area contributed by atoms with Gasteiger partial charge >= 0.3 is 0 Å². The second kappa shape index (κ2) is 7.00. The maximum Gasteiger partial charge on any atom is 0.258 e. The van der Waals surface area contributed by atoms with Crippen LogP contribution in [0.25, 0.3) is 0 Å². The fourth-order valence-corrected chi connectivity index (χ4v) is 3.77. The normalized spacial score (nSPS) is 16.8. The van der Waals surface area contributed by atoms with E-state index in [2.05, 4.69) is 0 Å². The van der Waals surface area contributed by atoms with Crippen molar-refractivity contribution in [3.63, 3.8) is 0 Å². The molecular weight excluding hydrogens is 330 g/mol. The number of methoxy groups -OCH3 is 1. The van der Waals surface area contributed by atoms with Crippen LogP contribution in [0.1, 0.15) is 47.2 Å². The molecule has 1 N–H and O–H groups in total. The Morgan fingerprint density at radius 2 is 1.92 bits per heavy atom. The van der Waals surface area contributed by atoms with Gasteiger partial charge in [-0.2, -0.15) is 0 Å². The van der Waals surface area contributed by atoms with Crippen molar-refractivity contribution in [3.05, 3.63) is 53.1 Å². The first-order valence-corrected chi connectivity index (χ1v) is 9.09. The second-order valence-electron chi connectivity index (χ2n) is 6.90. The Morgan fingerprint density at radius 3 is 2.65 bits per heavy atom. The van der Waals surface area contributed by atoms with E-state index in [1.54, 1.807) is 18.1 Å². The van der Waals surface area contributed by atoms with Gasteiger partial charge in [0.1, 0.15) is 0 Å². The van der Waals surface area contributed by atoms with Crippen LogP contribution in [0.3, 0.4) is 0 Å². The van der Waals surface area contributed by atoms with Gasteiger partial charge in [0.25, 0.3) is 5.91 Å². The van der Waals surface area contributed by atoms with Gasteiger partial charge in [-0.05, 0) is 55.0 Å². The lowest BCUT2D eigenvalue weighted by molar-refractivity contribution is 0.0996. The lowest BCUT2D eigenvalue weighted by Crippen LogP contribution is -2.23. The summed E-state index contributed by atoms with van der Waals surface area (Å²) in [5, 5.41) is 9.31. The molecule has 2 aromatic rings. The van der Waals surface area contributed by atoms with Crippen molar-refractivity contribution in [2.75, 3.05) is 12.0 Å². The zero-order valence-corrected chi connectivity index (χ0v) is 14.9. The van der Waals surface area contributed by atoms with Crippen LogP contribution in [0.2, 0.25) is 0 Å². The molecule has 1 aliphatic carbocycles. The minimum atomic E-state index is -0.0670. The molecule has 4 rings (SSSR count). The number of carbonyl (C=O) groups is 1. The first kappa shape index (κ1) is 16.9. The summed E-state index contributed by atoms with van der Waals surface area (Å²) in [7, 11) is 1.63. The molecule has 0 bridgehead atoms. The van der Waals surface area contributed by atoms with Gasteiger partial charge in [0, 0.05) is 17.3 Å². The lowest BCUT2D eigenvalue weighted by Gasteiger charge is -2.20. The quantitative estimate of drug-likeness (QED) is 0.891. The highest BCUT2D eigenvalue weighted by atomic mass is 16.5. The average Bonchev–Trinajstić information content (AvgIpc) is 3.29. The SMILES string of the molecule is COc1ccc(N2Cc3ccc(CO)cc3C2=O)cc1OC1CCCC1. The molecule has 2 aromatic carbocycles. The molecule has 1 amide bonds. The van der Waals surface area contributed by atoms with E-state index in [1.807, 2.05) is 30.3 Å². The van der Waals surface area contributed by atoms with Crippen LogP contribution in [0.4, 0.5) is 5.69 Å². The van der Waals surface area contributed by atoms with Gasteiger partial charge in [-0.1, -0.05) is 12.1 Å². The highest BCUT2D eigenvalue weighted by Gasteiger charge is 2.29. The molecule has 0 radical (unpaired) electrons. The van der Waals surface area contributed by atoms with Crippen LogP contribution in [0.5, 0.6) is 11.5 Å². The highest BCUT2D eigenvalue weighted by molar-refractivity contribution is 6.10. The van der Waals surface area contributed by atoms with Crippen LogP contribution in [-0.4, -0.2) is 24.2 Å². The number of nitrogens with zero attached hydrogens (tertiary/aromatic N) is 1. The Hall–Kier alpha value is -2.53. The molecule has 1 fully saturated rings. The molecule has 0 unspecified atom stereocenters. The largest absolute Gasteiger partial charge is 0.493 e. The van der Waals surface area contributed by atoms with Crippen molar-refractivity contribution in [1.82, 2.24) is 0 Å². The number of hydrogen-bond donors (Lipinski definition) is 1. The molecule has 0 saturated heterocycles. The van der Waals surface area contributed by atoms with Crippen molar-refractivity contribution < 1.29 is 19.4 Å². The third-order valence-electron chi connectivity index (χ3n) is 5.22. The van der Waals surface area contributed by atoms with Crippen LogP contribution in [0.15, 0.2) is 36.4 Å². The van der Waals surface area contributed by atoms with Crippen LogP contribution >= 0.6 is 0 Å². The third-order valence-corrected chi connectivity index (χ3v) is 5.22. The first-order valence-electron chi connectivity index (χ1n) is 9.09. The smallest absolute Gasteiger partial charge is 0.258 e. The number of rotatable bonds is 5. The summed E-state index contributed by atoms with van der Waals surface area (Å²) >= 11 is 0. The number of hydrogen-bond acceptors (Lipinski definition) is 4. The molecule has 0 spiro atoms. The highest BCUT2D eigenvalue weighted by Crippen LogP contribution is 2.37. The van der Waals surface area contributed by atoms with E-state index in [0.717, 1.165) is 29.7 Å². The van der Waals surface area contributed by atoms with Gasteiger partial charge in [-0.25, -0.2) is 0 Å². The van der Waals surface area contributed by atoms with Crippen molar-refractivity contribution >= 4 is 11.6 Å². The summed E-state index contributed by atoms with van der Waals surface area (Å²) in [6.07, 6.45) is 4.73. The van der Waals surface area contributed by atoms with Gasteiger partial charge < -0.3 is 19.5 Å². The van der Waals surface area contributed by atoms with E-state index in [0.29, 0.717) is 23.6 Å². The Kier molecular flexibility index (Phi) is 4.55. The van der Waals surface area contributed by atoms with Crippen molar-refractivity contribution in [1.29, 1.82) is 0 Å². The van der Waals surface area contributed by atoms with Gasteiger partial charge in [0.05, 0.1) is 26.4 Å². The number of aliphatic hydroxyl groups is 1. The van der Waals surface area contributed by atoms with Gasteiger partial charge in [0.2, 0.25) is 0 Å². The molecular formula is C21H23NO4. The van der Waals surface area contributed by atoms with Crippen molar-refractivity contribution in [2.24, 2.45) is 0 Å². The molecule has 2 aliphatic rings. The van der Waals surface area contributed by atoms with E-state index in [1.165, 1.54) is 12.8 Å². The zero-order valence-electron chi connectivity index (χ0n) is 14.9. The van der Waals surface area contributed by atoms with Gasteiger partial charge in [-0.3, -0.25) is 4.79 Å². The first-order chi connectivity index (χ1) is 12.7. The van der Waals surface area contributed by atoms with Crippen LogP contribution in [-0.2, 0) is 13.2 Å². The molecule has 26 heavy (non-hydrogen) atoms. The third kappa shape index (κ3) is 3.03. The van der Waals surface area contributed by atoms with E-state index >= 15 is 0 Å². The number of carbonyl (C=O) groups excluding carboxylic acids is 1. The van der Waals surface area contributed by atoms with Crippen LogP contribution in [0, 0.1) is 0 Å². The van der Waals surface area contributed by atoms with Crippen LogP contribution < -0.4 is 14.4 Å². The van der Waals surface area contributed by atoms with E-state index < -0.39 is 0 Å². The van der Waals surface area contributed by atoms with Crippen molar-refractivity contribution in [3.8, 4) is 11.5 Å². The van der Waals surface area contributed by atoms with E-state index in [4.69, 9.17) is 9.47 Å². The molecule has 0 atom stereocenters. The second-order valence-corrected chi connectivity index (χ2v) is 6.90. The molecule has 5 heteroatoms. The Labute approximate surface area is 153 Å². The predicted octanol–water partition coefficient (Wildman–Crippen LogP) is 3.67. The zero-order chi connectivity index (χ0) is 18.1. The summed E-state index contributed by atoms with van der Waals surface area (Å²) in [5.74, 6) is 1.33. The fourth-order valence-electron chi connectivity index (χ4n) is 3.77. The molecule has 1 aliphatic heterocycles. The standard InChI is InChI=1S/C21H23NO4/c1-25-19-9-8-16(11-20(19)26-17-4-2-3-5-17)22-12-15-7-6-14(13-23)10-18(15)21(22)24/h6-11,17,23H,2-5,12-13H2,1H3. The summed E-state index contributed by atoms with van der Waals surface area (Å²) < 4.78 is 11.6. The monoisotopic (exact) mass is 353 g/mol. The molecule has 1 heterocycles. The average molecular weight is 353 g/mol. The topological polar surface area (TPSA) is 59.0 Å². The fraction of sp³-hybridized carbons (Fsp3) is 0.381. The summed E-state index contributed by atoms with van der Waals surface area (Å²) in [4.78, 5) is 14.6. The van der Waals surface area contributed by atoms with E-state index in [9.17, 15) is 9.90 Å². The molecule has 0 aromatic heterocycles. The number of fused-ring (bicyclic) bond motifs is 1. The number of benzene rings is 2. The minimum Gasteiger partial charge on any atom is -0.493 e. The molecule has 136 valence electrons. The van der Waals surface area contributed by atoms with E-state index in [-0.39, 0.29) is 18.6 Å². The number of amides is 1. The Morgan fingerprint density at radius 1 is 1.12 bits per heavy atom. The van der Waals surface area contributed by atoms with Crippen molar-refractivity contribution in [2.45, 2.75) is 44.9 Å². The predicted molar refractivity (Wildman–Crippen MR) is 98.8 cm³/mol. The number of anilines is 1. The molecule has 5 nitrogen and oxygen atoms in total. The number of aliphatic hydroxyl groups excluding tert-OH is 1. The summed E-state index contributed by atoms with van der Waals surface area (Å²) in [5.41, 5.74) is 3.18. The minimum absolute atomic E-state index is 0.0488. The summed E-state index contributed by atoms with van der Waals surface area (Å²) in [6, 6.07) is 11.2. The van der Waals surface area contributed by atoms with Gasteiger partial charge in [0.15, 0.2) is 11.5 Å². The maximum absolute atomic E-state index is 12.8. The number of ether oxygens (including phenoxy) is 2. The maximum atomic E-state index is 12.8.